The van der Waals surface area contributed by atoms with Crippen LogP contribution >= 0.6 is 11.3 Å². The Hall–Kier alpha value is -2.11. The van der Waals surface area contributed by atoms with Crippen molar-refractivity contribution in [3.05, 3.63) is 17.4 Å². The lowest BCUT2D eigenvalue weighted by molar-refractivity contribution is 0.0533. The molecule has 86 valence electrons. The van der Waals surface area contributed by atoms with Gasteiger partial charge in [-0.05, 0) is 6.92 Å². The highest BCUT2D eigenvalue weighted by Gasteiger charge is 2.20. The monoisotopic (exact) mass is 249 g/mol. The number of rotatable bonds is 3. The van der Waals surface area contributed by atoms with Crippen LogP contribution in [0, 0.1) is 0 Å². The van der Waals surface area contributed by atoms with Gasteiger partial charge in [0, 0.05) is 6.20 Å². The Balaban J connectivity index is 2.65. The summed E-state index contributed by atoms with van der Waals surface area (Å²) < 4.78 is 4.88. The zero-order valence-electron chi connectivity index (χ0n) is 8.84. The molecule has 2 rings (SSSR count). The second-order valence-electron chi connectivity index (χ2n) is 2.94. The van der Waals surface area contributed by atoms with Gasteiger partial charge in [0.05, 0.1) is 12.0 Å². The van der Waals surface area contributed by atoms with Crippen molar-refractivity contribution in [2.45, 2.75) is 6.92 Å². The molecule has 0 spiro atoms. The van der Waals surface area contributed by atoms with Crippen LogP contribution in [0.2, 0.25) is 0 Å². The molecule has 6 nitrogen and oxygen atoms in total. The Morgan fingerprint density at radius 2 is 2.47 bits per heavy atom. The molecule has 17 heavy (non-hydrogen) atoms. The van der Waals surface area contributed by atoms with Gasteiger partial charge < -0.3 is 4.74 Å². The Kier molecular flexibility index (Phi) is 3.22. The predicted octanol–water partition coefficient (Wildman–Crippen LogP) is 1.84. The molecule has 2 aromatic rings. The molecule has 0 aliphatic rings. The molecule has 0 saturated carbocycles. The number of aromatic nitrogens is 2. The molecule has 0 atom stereocenters. The van der Waals surface area contributed by atoms with Gasteiger partial charge in [-0.25, -0.2) is 19.6 Å². The van der Waals surface area contributed by atoms with Gasteiger partial charge in [-0.2, -0.15) is 4.99 Å². The van der Waals surface area contributed by atoms with Gasteiger partial charge in [0.2, 0.25) is 6.08 Å². The molecular formula is C10H7N3O3S. The van der Waals surface area contributed by atoms with E-state index in [1.807, 2.05) is 0 Å². The number of isocyanates is 1. The van der Waals surface area contributed by atoms with Gasteiger partial charge in [-0.15, -0.1) is 11.3 Å². The molecule has 0 amide bonds. The smallest absolute Gasteiger partial charge is 0.350 e. The van der Waals surface area contributed by atoms with E-state index in [4.69, 9.17) is 4.74 Å². The first-order valence-corrected chi connectivity index (χ1v) is 5.57. The number of aliphatic imine (C=N–C) groups is 1. The van der Waals surface area contributed by atoms with Gasteiger partial charge in [0.15, 0.2) is 0 Å². The van der Waals surface area contributed by atoms with Crippen molar-refractivity contribution < 1.29 is 14.3 Å². The Morgan fingerprint density at radius 1 is 1.65 bits per heavy atom. The van der Waals surface area contributed by atoms with Crippen LogP contribution in [-0.2, 0) is 9.53 Å². The highest BCUT2D eigenvalue weighted by molar-refractivity contribution is 7.21. The normalized spacial score (nSPS) is 9.94. The number of fused-ring (bicyclic) bond motifs is 1. The number of ether oxygens (including phenoxy) is 1. The predicted molar refractivity (Wildman–Crippen MR) is 61.2 cm³/mol. The lowest BCUT2D eigenvalue weighted by atomic mass is 10.3. The molecule has 0 saturated heterocycles. The fourth-order valence-electron chi connectivity index (χ4n) is 1.32. The van der Waals surface area contributed by atoms with E-state index in [2.05, 4.69) is 15.0 Å². The minimum Gasteiger partial charge on any atom is -0.462 e. The number of carbonyl (C=O) groups excluding carboxylic acids is 2. The largest absolute Gasteiger partial charge is 0.462 e. The molecule has 0 radical (unpaired) electrons. The third-order valence-corrected chi connectivity index (χ3v) is 3.05. The quantitative estimate of drug-likeness (QED) is 0.471. The number of nitrogens with zero attached hydrogens (tertiary/aromatic N) is 3. The number of hydrogen-bond acceptors (Lipinski definition) is 7. The van der Waals surface area contributed by atoms with E-state index in [0.29, 0.717) is 10.2 Å². The molecule has 0 fully saturated rings. The summed E-state index contributed by atoms with van der Waals surface area (Å²) in [6, 6.07) is 0. The molecule has 2 aromatic heterocycles. The highest BCUT2D eigenvalue weighted by Crippen LogP contribution is 2.36. The zero-order valence-corrected chi connectivity index (χ0v) is 9.65. The second kappa shape index (κ2) is 4.82. The first-order chi connectivity index (χ1) is 8.27. The summed E-state index contributed by atoms with van der Waals surface area (Å²) in [5.74, 6) is -0.524. The standard InChI is InChI=1S/C10H7N3O3S/c1-2-16-10(15)8-7(13-5-14)6-3-11-4-12-9(6)17-8/h3-4H,2H2,1H3. The third kappa shape index (κ3) is 2.06. The summed E-state index contributed by atoms with van der Waals surface area (Å²) >= 11 is 1.11. The van der Waals surface area contributed by atoms with Crippen LogP contribution in [-0.4, -0.2) is 28.6 Å². The maximum atomic E-state index is 11.7. The summed E-state index contributed by atoms with van der Waals surface area (Å²) in [6.07, 6.45) is 4.28. The van der Waals surface area contributed by atoms with Gasteiger partial charge in [0.1, 0.15) is 21.7 Å². The molecule has 0 unspecified atom stereocenters. The van der Waals surface area contributed by atoms with Crippen molar-refractivity contribution in [1.29, 1.82) is 0 Å². The van der Waals surface area contributed by atoms with Crippen molar-refractivity contribution in [3.8, 4) is 0 Å². The molecule has 0 aromatic carbocycles. The minimum absolute atomic E-state index is 0.221. The number of carbonyl (C=O) groups is 1. The Bertz CT molecular complexity index is 616. The second-order valence-corrected chi connectivity index (χ2v) is 3.94. The maximum absolute atomic E-state index is 11.7. The van der Waals surface area contributed by atoms with Crippen LogP contribution < -0.4 is 0 Å². The first-order valence-electron chi connectivity index (χ1n) is 4.75. The molecular weight excluding hydrogens is 242 g/mol. The van der Waals surface area contributed by atoms with Crippen LogP contribution in [0.5, 0.6) is 0 Å². The molecule has 2 heterocycles. The van der Waals surface area contributed by atoms with E-state index in [1.54, 1.807) is 6.92 Å². The van der Waals surface area contributed by atoms with Gasteiger partial charge in [0.25, 0.3) is 0 Å². The SMILES string of the molecule is CCOC(=O)c1sc2ncncc2c1N=C=O. The molecule has 0 aliphatic carbocycles. The summed E-state index contributed by atoms with van der Waals surface area (Å²) in [5, 5.41) is 0.545. The van der Waals surface area contributed by atoms with E-state index in [1.165, 1.54) is 18.6 Å². The van der Waals surface area contributed by atoms with E-state index < -0.39 is 5.97 Å². The summed E-state index contributed by atoms with van der Waals surface area (Å²) in [7, 11) is 0. The van der Waals surface area contributed by atoms with E-state index >= 15 is 0 Å². The average molecular weight is 249 g/mol. The van der Waals surface area contributed by atoms with Gasteiger partial charge in [-0.3, -0.25) is 0 Å². The van der Waals surface area contributed by atoms with E-state index in [0.717, 1.165) is 11.3 Å². The molecule has 0 bridgehead atoms. The van der Waals surface area contributed by atoms with Crippen LogP contribution in [0.4, 0.5) is 5.69 Å². The Morgan fingerprint density at radius 3 is 3.18 bits per heavy atom. The van der Waals surface area contributed by atoms with Crippen molar-refractivity contribution >= 4 is 39.3 Å². The Labute approximate surface area is 100.0 Å². The fourth-order valence-corrected chi connectivity index (χ4v) is 2.27. The maximum Gasteiger partial charge on any atom is 0.350 e. The summed E-state index contributed by atoms with van der Waals surface area (Å²) in [6.45, 7) is 1.96. The number of esters is 1. The van der Waals surface area contributed by atoms with Gasteiger partial charge >= 0.3 is 5.97 Å². The summed E-state index contributed by atoms with van der Waals surface area (Å²) in [4.78, 5) is 34.2. The number of thiophene rings is 1. The topological polar surface area (TPSA) is 81.5 Å². The highest BCUT2D eigenvalue weighted by atomic mass is 32.1. The molecule has 7 heteroatoms. The van der Waals surface area contributed by atoms with E-state index in [9.17, 15) is 9.59 Å². The lowest BCUT2D eigenvalue weighted by Gasteiger charge is -1.98. The fraction of sp³-hybridized carbons (Fsp3) is 0.200. The minimum atomic E-state index is -0.524. The van der Waals surface area contributed by atoms with Crippen LogP contribution in [0.15, 0.2) is 17.5 Å². The van der Waals surface area contributed by atoms with Crippen LogP contribution in [0.1, 0.15) is 16.6 Å². The van der Waals surface area contributed by atoms with Crippen molar-refractivity contribution in [2.75, 3.05) is 6.61 Å². The number of hydrogen-bond donors (Lipinski definition) is 0. The van der Waals surface area contributed by atoms with Crippen molar-refractivity contribution in [1.82, 2.24) is 9.97 Å². The van der Waals surface area contributed by atoms with Crippen molar-refractivity contribution in [2.24, 2.45) is 4.99 Å². The van der Waals surface area contributed by atoms with Crippen molar-refractivity contribution in [3.63, 3.8) is 0 Å². The van der Waals surface area contributed by atoms with Crippen LogP contribution in [0.3, 0.4) is 0 Å². The third-order valence-electron chi connectivity index (χ3n) is 1.96. The summed E-state index contributed by atoms with van der Waals surface area (Å²) in [5.41, 5.74) is 0.221. The zero-order chi connectivity index (χ0) is 12.3. The lowest BCUT2D eigenvalue weighted by Crippen LogP contribution is -2.02. The molecule has 0 aliphatic heterocycles. The van der Waals surface area contributed by atoms with E-state index in [-0.39, 0.29) is 17.2 Å². The average Bonchev–Trinajstić information content (AvgIpc) is 2.70. The molecule has 0 N–H and O–H groups in total. The first kappa shape index (κ1) is 11.4. The van der Waals surface area contributed by atoms with Crippen LogP contribution in [0.25, 0.3) is 10.2 Å². The van der Waals surface area contributed by atoms with Gasteiger partial charge in [-0.1, -0.05) is 0 Å².